The van der Waals surface area contributed by atoms with Crippen molar-refractivity contribution in [3.63, 3.8) is 0 Å². The maximum Gasteiger partial charge on any atom is 1.00 e. The Balaban J connectivity index is -0.0000000800. The second kappa shape index (κ2) is 5.00. The van der Waals surface area contributed by atoms with Crippen LogP contribution < -0.4 is 18.9 Å². The molecule has 0 aliphatic rings. The van der Waals surface area contributed by atoms with Crippen molar-refractivity contribution in [1.29, 1.82) is 0 Å². The third-order valence-electron chi connectivity index (χ3n) is 0.163. The molecule has 0 bridgehead atoms. The third kappa shape index (κ3) is 9.00. The summed E-state index contributed by atoms with van der Waals surface area (Å²) in [6.45, 7) is 0. The summed E-state index contributed by atoms with van der Waals surface area (Å²) in [4.78, 5) is 9.18. The summed E-state index contributed by atoms with van der Waals surface area (Å²) < 4.78 is 0. The molecule has 32 valence electrons. The van der Waals surface area contributed by atoms with Crippen LogP contribution in [-0.2, 0) is 0 Å². The molecule has 0 unspecified atom stereocenters. The first-order chi connectivity index (χ1) is 2.27. The van der Waals surface area contributed by atoms with Crippen LogP contribution in [0.2, 0.25) is 0 Å². The average molecular weight is 82.0 g/mol. The SMILES string of the molecule is CN(C)N=O.[H-].[Li+]. The first-order valence-electron chi connectivity index (χ1n) is 1.28. The van der Waals surface area contributed by atoms with Crippen LogP contribution in [0, 0.1) is 4.91 Å². The van der Waals surface area contributed by atoms with Crippen LogP contribution in [0.3, 0.4) is 0 Å². The Morgan fingerprint density at radius 1 is 1.67 bits per heavy atom. The van der Waals surface area contributed by atoms with Crippen molar-refractivity contribution in [3.05, 3.63) is 4.91 Å². The van der Waals surface area contributed by atoms with E-state index in [4.69, 9.17) is 0 Å². The summed E-state index contributed by atoms with van der Waals surface area (Å²) in [7, 11) is 3.15. The standard InChI is InChI=1S/C2H6N2O.Li.H/c1-4(2)3-5;;/h1-2H3;;/q;+1;-1. The van der Waals surface area contributed by atoms with Crippen molar-refractivity contribution in [2.45, 2.75) is 0 Å². The van der Waals surface area contributed by atoms with Gasteiger partial charge in [0.1, 0.15) is 0 Å². The molecule has 0 amide bonds. The average Bonchev–Trinajstić information content (AvgIpc) is 1.38. The molecule has 0 rings (SSSR count). The largest absolute Gasteiger partial charge is 1.00 e. The smallest absolute Gasteiger partial charge is 1.00 e. The van der Waals surface area contributed by atoms with Crippen molar-refractivity contribution in [1.82, 2.24) is 5.01 Å². The molecule has 0 saturated carbocycles. The van der Waals surface area contributed by atoms with Gasteiger partial charge in [0.25, 0.3) is 0 Å². The predicted octanol–water partition coefficient (Wildman–Crippen LogP) is -2.65. The Labute approximate surface area is 50.3 Å². The molecule has 0 fully saturated rings. The molecule has 0 aliphatic heterocycles. The zero-order chi connectivity index (χ0) is 4.28. The second-order valence-electron chi connectivity index (χ2n) is 0.929. The molecule has 0 aromatic rings. The van der Waals surface area contributed by atoms with E-state index in [0.29, 0.717) is 0 Å². The molecule has 0 aromatic carbocycles. The van der Waals surface area contributed by atoms with Crippen molar-refractivity contribution in [2.75, 3.05) is 14.1 Å². The molecule has 0 aliphatic carbocycles. The van der Waals surface area contributed by atoms with Crippen molar-refractivity contribution >= 4 is 0 Å². The number of nitroso groups, excluding NO2 is 1. The summed E-state index contributed by atoms with van der Waals surface area (Å²) >= 11 is 0. The van der Waals surface area contributed by atoms with Crippen molar-refractivity contribution < 1.29 is 20.3 Å². The van der Waals surface area contributed by atoms with Crippen LogP contribution >= 0.6 is 0 Å². The van der Waals surface area contributed by atoms with Crippen LogP contribution in [0.5, 0.6) is 0 Å². The van der Waals surface area contributed by atoms with Crippen LogP contribution in [0.25, 0.3) is 0 Å². The zero-order valence-electron chi connectivity index (χ0n) is 5.30. The van der Waals surface area contributed by atoms with Crippen molar-refractivity contribution in [3.8, 4) is 0 Å². The number of nitrogens with zero attached hydrogens (tertiary/aromatic N) is 2. The van der Waals surface area contributed by atoms with Gasteiger partial charge in [0.2, 0.25) is 0 Å². The maximum atomic E-state index is 9.18. The minimum Gasteiger partial charge on any atom is -1.00 e. The quantitative estimate of drug-likeness (QED) is 0.196. The summed E-state index contributed by atoms with van der Waals surface area (Å²) in [6.07, 6.45) is 0. The number of hydrogen-bond acceptors (Lipinski definition) is 2. The minimum absolute atomic E-state index is 0. The first-order valence-corrected chi connectivity index (χ1v) is 1.28. The van der Waals surface area contributed by atoms with E-state index in [2.05, 4.69) is 5.29 Å². The fourth-order valence-electron chi connectivity index (χ4n) is 0. The van der Waals surface area contributed by atoms with E-state index in [1.807, 2.05) is 0 Å². The topological polar surface area (TPSA) is 32.7 Å². The van der Waals surface area contributed by atoms with Gasteiger partial charge < -0.3 is 1.43 Å². The van der Waals surface area contributed by atoms with Gasteiger partial charge in [-0.05, 0) is 0 Å². The molecular formula is C2H7LiN2O. The number of rotatable bonds is 1. The van der Waals surface area contributed by atoms with Gasteiger partial charge in [0.15, 0.2) is 0 Å². The molecule has 0 radical (unpaired) electrons. The summed E-state index contributed by atoms with van der Waals surface area (Å²) in [5.74, 6) is 0. The summed E-state index contributed by atoms with van der Waals surface area (Å²) in [6, 6.07) is 0. The molecule has 0 N–H and O–H groups in total. The van der Waals surface area contributed by atoms with E-state index in [-0.39, 0.29) is 20.3 Å². The molecule has 0 aromatic heterocycles. The summed E-state index contributed by atoms with van der Waals surface area (Å²) in [5, 5.41) is 3.67. The normalized spacial score (nSPS) is 5.67. The van der Waals surface area contributed by atoms with Gasteiger partial charge >= 0.3 is 18.9 Å². The summed E-state index contributed by atoms with van der Waals surface area (Å²) in [5.41, 5.74) is 0. The van der Waals surface area contributed by atoms with Crippen LogP contribution in [0.4, 0.5) is 0 Å². The van der Waals surface area contributed by atoms with Crippen LogP contribution in [0.1, 0.15) is 1.43 Å². The fourth-order valence-corrected chi connectivity index (χ4v) is 0. The molecule has 0 saturated heterocycles. The monoisotopic (exact) mass is 82.1 g/mol. The predicted molar refractivity (Wildman–Crippen MR) is 20.6 cm³/mol. The van der Waals surface area contributed by atoms with E-state index in [0.717, 1.165) is 0 Å². The molecule has 4 heteroatoms. The first kappa shape index (κ1) is 9.37. The molecular weight excluding hydrogens is 75.0 g/mol. The van der Waals surface area contributed by atoms with Crippen LogP contribution in [-0.4, -0.2) is 19.1 Å². The Morgan fingerprint density at radius 2 is 1.83 bits per heavy atom. The van der Waals surface area contributed by atoms with Gasteiger partial charge in [-0.15, -0.1) is 4.91 Å². The van der Waals surface area contributed by atoms with Gasteiger partial charge in [0, 0.05) is 14.1 Å². The molecule has 0 heterocycles. The third-order valence-corrected chi connectivity index (χ3v) is 0.163. The van der Waals surface area contributed by atoms with E-state index in [1.165, 1.54) is 5.01 Å². The van der Waals surface area contributed by atoms with Gasteiger partial charge in [0.05, 0.1) is 5.29 Å². The molecule has 6 heavy (non-hydrogen) atoms. The van der Waals surface area contributed by atoms with Crippen molar-refractivity contribution in [2.24, 2.45) is 5.29 Å². The van der Waals surface area contributed by atoms with Crippen LogP contribution in [0.15, 0.2) is 5.29 Å². The van der Waals surface area contributed by atoms with Gasteiger partial charge in [-0.1, -0.05) is 0 Å². The zero-order valence-corrected chi connectivity index (χ0v) is 4.30. The Morgan fingerprint density at radius 3 is 1.83 bits per heavy atom. The van der Waals surface area contributed by atoms with E-state index < -0.39 is 0 Å². The Kier molecular flexibility index (Phi) is 7.81. The fraction of sp³-hybridized carbons (Fsp3) is 1.00. The van der Waals surface area contributed by atoms with Gasteiger partial charge in [-0.25, -0.2) is 0 Å². The maximum absolute atomic E-state index is 9.18. The molecule has 3 nitrogen and oxygen atoms in total. The van der Waals surface area contributed by atoms with E-state index >= 15 is 0 Å². The molecule has 0 atom stereocenters. The van der Waals surface area contributed by atoms with E-state index in [9.17, 15) is 4.91 Å². The molecule has 0 spiro atoms. The Bertz CT molecular complexity index is 42.7. The van der Waals surface area contributed by atoms with E-state index in [1.54, 1.807) is 14.1 Å². The second-order valence-corrected chi connectivity index (χ2v) is 0.929. The van der Waals surface area contributed by atoms with Gasteiger partial charge in [-0.2, -0.15) is 0 Å². The van der Waals surface area contributed by atoms with Gasteiger partial charge in [-0.3, -0.25) is 5.01 Å². The number of hydrogen-bond donors (Lipinski definition) is 0. The minimum atomic E-state index is 0. The Hall–Kier alpha value is -0.00260.